The maximum atomic E-state index is 12.1. The number of anilines is 2. The number of carbonyl (C=O) groups excluding carboxylic acids is 1. The number of halogens is 1. The lowest BCUT2D eigenvalue weighted by Crippen LogP contribution is -2.33. The van der Waals surface area contributed by atoms with Crippen molar-refractivity contribution in [3.63, 3.8) is 0 Å². The summed E-state index contributed by atoms with van der Waals surface area (Å²) in [4.78, 5) is 13.8. The molecule has 0 fully saturated rings. The second-order valence-corrected chi connectivity index (χ2v) is 9.47. The van der Waals surface area contributed by atoms with Crippen LogP contribution in [0.25, 0.3) is 11.1 Å². The number of carbonyl (C=O) groups is 1. The number of amides is 1. The molecular formula is C26H30ClN7O. The summed E-state index contributed by atoms with van der Waals surface area (Å²) in [7, 11) is 0. The van der Waals surface area contributed by atoms with Gasteiger partial charge in [0.2, 0.25) is 5.91 Å². The van der Waals surface area contributed by atoms with Crippen molar-refractivity contribution >= 4 is 40.6 Å². The third-order valence-corrected chi connectivity index (χ3v) is 6.08. The first-order valence-corrected chi connectivity index (χ1v) is 12.0. The van der Waals surface area contributed by atoms with E-state index in [0.717, 1.165) is 28.1 Å². The Hall–Kier alpha value is -3.65. The van der Waals surface area contributed by atoms with Crippen molar-refractivity contribution in [3.05, 3.63) is 65.4 Å². The second kappa shape index (κ2) is 10.3. The molecule has 2 heterocycles. The third kappa shape index (κ3) is 5.71. The van der Waals surface area contributed by atoms with Gasteiger partial charge >= 0.3 is 0 Å². The van der Waals surface area contributed by atoms with Gasteiger partial charge in [0.25, 0.3) is 0 Å². The molecule has 0 radical (unpaired) electrons. The number of rotatable bonds is 6. The lowest BCUT2D eigenvalue weighted by molar-refractivity contribution is -0.122. The molecule has 1 aliphatic rings. The predicted molar refractivity (Wildman–Crippen MR) is 142 cm³/mol. The van der Waals surface area contributed by atoms with Crippen LogP contribution in [-0.4, -0.2) is 33.4 Å². The van der Waals surface area contributed by atoms with E-state index in [9.17, 15) is 4.79 Å². The van der Waals surface area contributed by atoms with E-state index >= 15 is 0 Å². The summed E-state index contributed by atoms with van der Waals surface area (Å²) in [5, 5.41) is 28.4. The molecule has 35 heavy (non-hydrogen) atoms. The van der Waals surface area contributed by atoms with Gasteiger partial charge in [0, 0.05) is 34.9 Å². The van der Waals surface area contributed by atoms with Crippen molar-refractivity contribution in [2.75, 3.05) is 10.2 Å². The van der Waals surface area contributed by atoms with Crippen molar-refractivity contribution in [1.82, 2.24) is 15.1 Å². The van der Waals surface area contributed by atoms with Crippen LogP contribution in [-0.2, 0) is 11.3 Å². The Bertz CT molecular complexity index is 1250. The van der Waals surface area contributed by atoms with Gasteiger partial charge in [0.15, 0.2) is 0 Å². The number of aromatic nitrogens is 2. The van der Waals surface area contributed by atoms with Crippen molar-refractivity contribution in [2.45, 2.75) is 52.2 Å². The van der Waals surface area contributed by atoms with Crippen LogP contribution in [0.5, 0.6) is 0 Å². The smallest absolute Gasteiger partial charge is 0.241 e. The molecule has 1 unspecified atom stereocenters. The summed E-state index contributed by atoms with van der Waals surface area (Å²) in [6.07, 6.45) is 4.86. The Balaban J connectivity index is 1.69. The minimum atomic E-state index is -0.0839. The molecule has 4 N–H and O–H groups in total. The van der Waals surface area contributed by atoms with E-state index in [2.05, 4.69) is 21.8 Å². The summed E-state index contributed by atoms with van der Waals surface area (Å²) in [5.41, 5.74) is 4.60. The van der Waals surface area contributed by atoms with Crippen molar-refractivity contribution in [3.8, 4) is 11.1 Å². The molecule has 1 amide bonds. The van der Waals surface area contributed by atoms with E-state index in [0.29, 0.717) is 29.5 Å². The highest BCUT2D eigenvalue weighted by atomic mass is 35.5. The van der Waals surface area contributed by atoms with Crippen molar-refractivity contribution in [1.29, 1.82) is 10.8 Å². The average molecular weight is 492 g/mol. The third-order valence-electron chi connectivity index (χ3n) is 5.83. The molecule has 1 atom stereocenters. The first-order chi connectivity index (χ1) is 16.7. The summed E-state index contributed by atoms with van der Waals surface area (Å²) >= 11 is 6.06. The molecule has 3 aromatic rings. The number of benzene rings is 2. The number of amidine groups is 2. The van der Waals surface area contributed by atoms with Crippen LogP contribution in [0.2, 0.25) is 5.02 Å². The molecule has 8 nitrogen and oxygen atoms in total. The van der Waals surface area contributed by atoms with Crippen molar-refractivity contribution < 1.29 is 4.79 Å². The van der Waals surface area contributed by atoms with E-state index < -0.39 is 0 Å². The number of fused-ring (bicyclic) bond motifs is 1. The van der Waals surface area contributed by atoms with Gasteiger partial charge in [0.1, 0.15) is 18.2 Å². The van der Waals surface area contributed by atoms with Crippen LogP contribution in [0, 0.1) is 10.8 Å². The Labute approximate surface area is 210 Å². The lowest BCUT2D eigenvalue weighted by Gasteiger charge is -2.26. The Morgan fingerprint density at radius 2 is 1.94 bits per heavy atom. The zero-order valence-corrected chi connectivity index (χ0v) is 20.9. The molecule has 1 aliphatic heterocycles. The normalized spacial score (nSPS) is 15.5. The SMILES string of the molecule is CC(=N)N1C(=N)CCC(Nc2ccc(Cl)cc2)c2cc(-c3cnn(CC(=O)NC(C)C)c3)ccc21. The van der Waals surface area contributed by atoms with E-state index in [-0.39, 0.29) is 24.5 Å². The fraction of sp³-hybridized carbons (Fsp3) is 0.308. The van der Waals surface area contributed by atoms with Crippen LogP contribution in [0.4, 0.5) is 11.4 Å². The number of hydrogen-bond donors (Lipinski definition) is 4. The van der Waals surface area contributed by atoms with Crippen LogP contribution in [0.1, 0.15) is 45.2 Å². The van der Waals surface area contributed by atoms with Gasteiger partial charge in [-0.2, -0.15) is 5.10 Å². The van der Waals surface area contributed by atoms with Gasteiger partial charge < -0.3 is 10.6 Å². The summed E-state index contributed by atoms with van der Waals surface area (Å²) < 4.78 is 1.63. The Morgan fingerprint density at radius 3 is 2.63 bits per heavy atom. The molecule has 4 rings (SSSR count). The molecule has 9 heteroatoms. The molecule has 182 valence electrons. The predicted octanol–water partition coefficient (Wildman–Crippen LogP) is 5.46. The fourth-order valence-corrected chi connectivity index (χ4v) is 4.43. The molecule has 0 spiro atoms. The molecule has 0 bridgehead atoms. The van der Waals surface area contributed by atoms with Gasteiger partial charge in [-0.15, -0.1) is 0 Å². The van der Waals surface area contributed by atoms with Crippen LogP contribution < -0.4 is 15.5 Å². The highest BCUT2D eigenvalue weighted by Crippen LogP contribution is 2.38. The molecule has 0 saturated carbocycles. The summed E-state index contributed by atoms with van der Waals surface area (Å²) in [6.45, 7) is 5.71. The lowest BCUT2D eigenvalue weighted by atomic mass is 9.97. The van der Waals surface area contributed by atoms with Gasteiger partial charge in [-0.3, -0.25) is 25.2 Å². The second-order valence-electron chi connectivity index (χ2n) is 9.03. The first kappa shape index (κ1) is 24.5. The van der Waals surface area contributed by atoms with Gasteiger partial charge in [0.05, 0.1) is 17.9 Å². The molecule has 0 saturated heterocycles. The first-order valence-electron chi connectivity index (χ1n) is 11.6. The summed E-state index contributed by atoms with van der Waals surface area (Å²) in [6, 6.07) is 13.6. The molecule has 0 aliphatic carbocycles. The fourth-order valence-electron chi connectivity index (χ4n) is 4.30. The van der Waals surface area contributed by atoms with E-state index in [4.69, 9.17) is 22.4 Å². The van der Waals surface area contributed by atoms with Crippen molar-refractivity contribution in [2.24, 2.45) is 0 Å². The zero-order chi connectivity index (χ0) is 25.1. The van der Waals surface area contributed by atoms with E-state index in [1.807, 2.05) is 56.4 Å². The Kier molecular flexibility index (Phi) is 7.21. The average Bonchev–Trinajstić information content (AvgIpc) is 3.20. The quantitative estimate of drug-likeness (QED) is 0.271. The zero-order valence-electron chi connectivity index (χ0n) is 20.1. The van der Waals surface area contributed by atoms with Gasteiger partial charge in [-0.05, 0) is 74.7 Å². The Morgan fingerprint density at radius 1 is 1.20 bits per heavy atom. The highest BCUT2D eigenvalue weighted by Gasteiger charge is 2.28. The number of nitrogens with one attached hydrogen (secondary N) is 4. The van der Waals surface area contributed by atoms with Crippen LogP contribution >= 0.6 is 11.6 Å². The highest BCUT2D eigenvalue weighted by molar-refractivity contribution is 6.30. The standard InChI is InChI=1S/C26H30ClN7O/c1-16(2)31-26(35)15-33-14-19(13-30-33)18-4-10-24-22(12-18)23(9-11-25(29)34(24)17(3)28)32-21-7-5-20(27)6-8-21/h4-8,10,12-14,16,23,28-29,32H,9,11,15H2,1-3H3,(H,31,35). The molecular weight excluding hydrogens is 462 g/mol. The minimum absolute atomic E-state index is 0.0670. The maximum absolute atomic E-state index is 12.1. The number of nitrogens with zero attached hydrogens (tertiary/aromatic N) is 3. The van der Waals surface area contributed by atoms with Gasteiger partial charge in [-0.1, -0.05) is 17.7 Å². The topological polar surface area (TPSA) is 110 Å². The number of hydrogen-bond acceptors (Lipinski definition) is 5. The summed E-state index contributed by atoms with van der Waals surface area (Å²) in [5.74, 6) is 0.621. The molecule has 2 aromatic carbocycles. The van der Waals surface area contributed by atoms with E-state index in [1.165, 1.54) is 0 Å². The van der Waals surface area contributed by atoms with Crippen LogP contribution in [0.15, 0.2) is 54.9 Å². The monoisotopic (exact) mass is 491 g/mol. The largest absolute Gasteiger partial charge is 0.378 e. The van der Waals surface area contributed by atoms with Gasteiger partial charge in [-0.25, -0.2) is 0 Å². The van der Waals surface area contributed by atoms with E-state index in [1.54, 1.807) is 22.7 Å². The maximum Gasteiger partial charge on any atom is 0.241 e. The molecule has 1 aromatic heterocycles. The van der Waals surface area contributed by atoms with Crippen LogP contribution in [0.3, 0.4) is 0 Å². The minimum Gasteiger partial charge on any atom is -0.378 e.